The van der Waals surface area contributed by atoms with Crippen LogP contribution in [-0.2, 0) is 0 Å². The van der Waals surface area contributed by atoms with Crippen LogP contribution in [0.4, 0.5) is 0 Å². The van der Waals surface area contributed by atoms with E-state index in [0.717, 1.165) is 3.70 Å². The Bertz CT molecular complexity index is 282. The van der Waals surface area contributed by atoms with Gasteiger partial charge in [-0.15, -0.1) is 0 Å². The van der Waals surface area contributed by atoms with Crippen LogP contribution in [0.15, 0.2) is 18.3 Å². The summed E-state index contributed by atoms with van der Waals surface area (Å²) in [6.07, 6.45) is 1.59. The number of halogens is 1. The Hall–Kier alpha value is -0.650. The molecule has 3 nitrogen and oxygen atoms in total. The molecular weight excluding hydrogens is 267 g/mol. The Morgan fingerprint density at radius 1 is 1.50 bits per heavy atom. The van der Waals surface area contributed by atoms with E-state index >= 15 is 0 Å². The topological polar surface area (TPSA) is 33.2 Å². The number of carbonyl (C=O) groups is 1. The van der Waals surface area contributed by atoms with Crippen molar-refractivity contribution in [1.82, 2.24) is 9.88 Å². The quantitative estimate of drug-likeness (QED) is 0.573. The second kappa shape index (κ2) is 3.84. The number of nitrogens with zero attached hydrogens (tertiary/aromatic N) is 2. The third-order valence-electron chi connectivity index (χ3n) is 1.38. The van der Waals surface area contributed by atoms with Gasteiger partial charge >= 0.3 is 0 Å². The lowest BCUT2D eigenvalue weighted by atomic mass is 10.2. The van der Waals surface area contributed by atoms with Gasteiger partial charge in [-0.1, -0.05) is 0 Å². The summed E-state index contributed by atoms with van der Waals surface area (Å²) in [7, 11) is 3.45. The molecule has 4 heteroatoms. The van der Waals surface area contributed by atoms with Gasteiger partial charge in [0.2, 0.25) is 0 Å². The molecule has 0 radical (unpaired) electrons. The van der Waals surface area contributed by atoms with Gasteiger partial charge in [0.1, 0.15) is 3.70 Å². The van der Waals surface area contributed by atoms with Crippen LogP contribution in [0.3, 0.4) is 0 Å². The minimum atomic E-state index is -0.0149. The van der Waals surface area contributed by atoms with Crippen molar-refractivity contribution in [2.24, 2.45) is 0 Å². The third kappa shape index (κ3) is 2.17. The minimum absolute atomic E-state index is 0.0149. The standard InChI is InChI=1S/C8H9IN2O/c1-11(2)8(12)6-3-4-7(9)10-5-6/h3-5H,1-2H3. The molecule has 1 rings (SSSR count). The smallest absolute Gasteiger partial charge is 0.254 e. The van der Waals surface area contributed by atoms with Crippen molar-refractivity contribution >= 4 is 28.5 Å². The Morgan fingerprint density at radius 2 is 2.17 bits per heavy atom. The molecule has 0 saturated carbocycles. The molecule has 0 aliphatic heterocycles. The molecule has 0 spiro atoms. The van der Waals surface area contributed by atoms with Crippen molar-refractivity contribution in [3.05, 3.63) is 27.6 Å². The predicted molar refractivity (Wildman–Crippen MR) is 55.0 cm³/mol. The van der Waals surface area contributed by atoms with Crippen LogP contribution in [0.25, 0.3) is 0 Å². The van der Waals surface area contributed by atoms with E-state index in [-0.39, 0.29) is 5.91 Å². The summed E-state index contributed by atoms with van der Waals surface area (Å²) in [6.45, 7) is 0. The lowest BCUT2D eigenvalue weighted by Crippen LogP contribution is -2.21. The fourth-order valence-corrected chi connectivity index (χ4v) is 1.08. The van der Waals surface area contributed by atoms with Gasteiger partial charge in [0.25, 0.3) is 5.91 Å². The maximum Gasteiger partial charge on any atom is 0.254 e. The van der Waals surface area contributed by atoms with Crippen molar-refractivity contribution < 1.29 is 4.79 Å². The number of aromatic nitrogens is 1. The average molecular weight is 276 g/mol. The molecule has 64 valence electrons. The number of pyridine rings is 1. The van der Waals surface area contributed by atoms with E-state index < -0.39 is 0 Å². The molecule has 0 N–H and O–H groups in total. The van der Waals surface area contributed by atoms with Gasteiger partial charge in [0, 0.05) is 20.3 Å². The summed E-state index contributed by atoms with van der Waals surface area (Å²) in [6, 6.07) is 3.59. The molecule has 1 aromatic heterocycles. The van der Waals surface area contributed by atoms with Gasteiger partial charge < -0.3 is 4.90 Å². The minimum Gasteiger partial charge on any atom is -0.345 e. The Balaban J connectivity index is 2.90. The van der Waals surface area contributed by atoms with Gasteiger partial charge in [-0.05, 0) is 34.7 Å². The average Bonchev–Trinajstić information content (AvgIpc) is 2.04. The van der Waals surface area contributed by atoms with Crippen LogP contribution in [-0.4, -0.2) is 29.9 Å². The molecule has 0 saturated heterocycles. The van der Waals surface area contributed by atoms with Gasteiger partial charge in [-0.25, -0.2) is 4.98 Å². The van der Waals surface area contributed by atoms with E-state index in [1.807, 2.05) is 6.07 Å². The molecule has 0 atom stereocenters. The Morgan fingerprint density at radius 3 is 2.58 bits per heavy atom. The molecule has 0 aliphatic rings. The van der Waals surface area contributed by atoms with E-state index in [1.165, 1.54) is 4.90 Å². The predicted octanol–water partition coefficient (Wildman–Crippen LogP) is 1.39. The first-order valence-electron chi connectivity index (χ1n) is 3.44. The molecule has 0 bridgehead atoms. The maximum atomic E-state index is 11.3. The molecule has 1 heterocycles. The van der Waals surface area contributed by atoms with Crippen molar-refractivity contribution in [3.63, 3.8) is 0 Å². The van der Waals surface area contributed by atoms with E-state index in [0.29, 0.717) is 5.56 Å². The highest BCUT2D eigenvalue weighted by molar-refractivity contribution is 14.1. The van der Waals surface area contributed by atoms with Crippen molar-refractivity contribution in [2.75, 3.05) is 14.1 Å². The third-order valence-corrected chi connectivity index (χ3v) is 2.02. The van der Waals surface area contributed by atoms with Crippen molar-refractivity contribution in [3.8, 4) is 0 Å². The summed E-state index contributed by atoms with van der Waals surface area (Å²) in [5.41, 5.74) is 0.625. The molecule has 1 aromatic rings. The Kier molecular flexibility index (Phi) is 3.02. The van der Waals surface area contributed by atoms with Gasteiger partial charge in [-0.3, -0.25) is 4.79 Å². The molecule has 1 amide bonds. The second-order valence-corrected chi connectivity index (χ2v) is 3.67. The lowest BCUT2D eigenvalue weighted by molar-refractivity contribution is 0.0827. The highest BCUT2D eigenvalue weighted by Crippen LogP contribution is 2.04. The van der Waals surface area contributed by atoms with Crippen LogP contribution < -0.4 is 0 Å². The zero-order valence-electron chi connectivity index (χ0n) is 6.91. The first-order valence-corrected chi connectivity index (χ1v) is 4.52. The van der Waals surface area contributed by atoms with Crippen LogP contribution in [0.5, 0.6) is 0 Å². The highest BCUT2D eigenvalue weighted by Gasteiger charge is 2.06. The highest BCUT2D eigenvalue weighted by atomic mass is 127. The molecular formula is C8H9IN2O. The summed E-state index contributed by atoms with van der Waals surface area (Å²) in [4.78, 5) is 16.9. The first kappa shape index (κ1) is 9.44. The summed E-state index contributed by atoms with van der Waals surface area (Å²) in [5, 5.41) is 0. The van der Waals surface area contributed by atoms with E-state index in [4.69, 9.17) is 0 Å². The summed E-state index contributed by atoms with van der Waals surface area (Å²) >= 11 is 2.10. The number of rotatable bonds is 1. The Labute approximate surface area is 84.9 Å². The number of amides is 1. The van der Waals surface area contributed by atoms with E-state index in [2.05, 4.69) is 27.6 Å². The summed E-state index contributed by atoms with van der Waals surface area (Å²) in [5.74, 6) is -0.0149. The van der Waals surface area contributed by atoms with Crippen LogP contribution in [0.2, 0.25) is 0 Å². The molecule has 0 fully saturated rings. The van der Waals surface area contributed by atoms with E-state index in [1.54, 1.807) is 26.4 Å². The number of hydrogen-bond donors (Lipinski definition) is 0. The largest absolute Gasteiger partial charge is 0.345 e. The molecule has 0 unspecified atom stereocenters. The zero-order valence-corrected chi connectivity index (χ0v) is 9.07. The molecule has 12 heavy (non-hydrogen) atoms. The summed E-state index contributed by atoms with van der Waals surface area (Å²) < 4.78 is 0.892. The SMILES string of the molecule is CN(C)C(=O)c1ccc(I)nc1. The van der Waals surface area contributed by atoms with Gasteiger partial charge in [0.15, 0.2) is 0 Å². The van der Waals surface area contributed by atoms with Gasteiger partial charge in [-0.2, -0.15) is 0 Å². The molecule has 0 aromatic carbocycles. The fourth-order valence-electron chi connectivity index (χ4n) is 0.761. The normalized spacial score (nSPS) is 9.58. The van der Waals surface area contributed by atoms with Crippen molar-refractivity contribution in [2.45, 2.75) is 0 Å². The van der Waals surface area contributed by atoms with Crippen LogP contribution in [0, 0.1) is 3.70 Å². The van der Waals surface area contributed by atoms with Crippen LogP contribution in [0.1, 0.15) is 10.4 Å². The first-order chi connectivity index (χ1) is 5.61. The number of carbonyl (C=O) groups excluding carboxylic acids is 1. The monoisotopic (exact) mass is 276 g/mol. The number of hydrogen-bond acceptors (Lipinski definition) is 2. The van der Waals surface area contributed by atoms with Crippen LogP contribution >= 0.6 is 22.6 Å². The second-order valence-electron chi connectivity index (χ2n) is 2.57. The molecule has 0 aliphatic carbocycles. The lowest BCUT2D eigenvalue weighted by Gasteiger charge is -2.08. The fraction of sp³-hybridized carbons (Fsp3) is 0.250. The van der Waals surface area contributed by atoms with E-state index in [9.17, 15) is 4.79 Å². The van der Waals surface area contributed by atoms with Gasteiger partial charge in [0.05, 0.1) is 5.56 Å². The zero-order chi connectivity index (χ0) is 9.14. The maximum absolute atomic E-state index is 11.3. The van der Waals surface area contributed by atoms with Crippen molar-refractivity contribution in [1.29, 1.82) is 0 Å².